The maximum atomic E-state index is 12.1. The number of hydrogen-bond acceptors (Lipinski definition) is 16. The van der Waals surface area contributed by atoms with Gasteiger partial charge in [0.2, 0.25) is 17.7 Å². The van der Waals surface area contributed by atoms with E-state index in [1.54, 1.807) is 0 Å². The highest BCUT2D eigenvalue weighted by atomic mass is 16.7. The first-order chi connectivity index (χ1) is 20.2. The number of rotatable bonds is 10. The van der Waals surface area contributed by atoms with Gasteiger partial charge in [0.05, 0.1) is 19.8 Å². The molecule has 3 aliphatic heterocycles. The lowest BCUT2D eigenvalue weighted by Crippen LogP contribution is -2.71. The Morgan fingerprint density at radius 2 is 0.930 bits per heavy atom. The van der Waals surface area contributed by atoms with Gasteiger partial charge in [0.25, 0.3) is 0 Å². The zero-order valence-corrected chi connectivity index (χ0v) is 23.6. The largest absolute Gasteiger partial charge is 0.394 e. The van der Waals surface area contributed by atoms with E-state index in [2.05, 4.69) is 16.0 Å². The van der Waals surface area contributed by atoms with E-state index in [1.807, 2.05) is 0 Å². The van der Waals surface area contributed by atoms with Gasteiger partial charge in [-0.3, -0.25) is 14.4 Å². The molecule has 43 heavy (non-hydrogen) atoms. The average Bonchev–Trinajstić information content (AvgIpc) is 2.94. The quantitative estimate of drug-likeness (QED) is 0.107. The van der Waals surface area contributed by atoms with E-state index in [1.165, 1.54) is 0 Å². The van der Waals surface area contributed by atoms with Crippen LogP contribution in [0.1, 0.15) is 20.8 Å². The van der Waals surface area contributed by atoms with Gasteiger partial charge in [-0.25, -0.2) is 0 Å². The van der Waals surface area contributed by atoms with Crippen molar-refractivity contribution in [1.82, 2.24) is 16.0 Å². The summed E-state index contributed by atoms with van der Waals surface area (Å²) in [4.78, 5) is 35.5. The molecule has 15 atom stereocenters. The fraction of sp³-hybridized carbons (Fsp3) is 0.875. The van der Waals surface area contributed by atoms with Crippen molar-refractivity contribution in [3.63, 3.8) is 0 Å². The number of aliphatic hydroxyl groups is 8. The monoisotopic (exact) mass is 627 g/mol. The molecule has 0 aromatic carbocycles. The van der Waals surface area contributed by atoms with Crippen molar-refractivity contribution in [3.05, 3.63) is 0 Å². The van der Waals surface area contributed by atoms with Crippen LogP contribution in [0.4, 0.5) is 0 Å². The van der Waals surface area contributed by atoms with Gasteiger partial charge in [0.1, 0.15) is 73.1 Å². The minimum atomic E-state index is -1.77. The molecular formula is C24H41N3O16. The van der Waals surface area contributed by atoms with Gasteiger partial charge >= 0.3 is 0 Å². The Morgan fingerprint density at radius 1 is 0.558 bits per heavy atom. The van der Waals surface area contributed by atoms with Gasteiger partial charge in [0, 0.05) is 20.8 Å². The first-order valence-corrected chi connectivity index (χ1v) is 13.5. The summed E-state index contributed by atoms with van der Waals surface area (Å²) < 4.78 is 28.3. The maximum Gasteiger partial charge on any atom is 0.217 e. The van der Waals surface area contributed by atoms with Crippen molar-refractivity contribution in [2.75, 3.05) is 19.8 Å². The van der Waals surface area contributed by atoms with Gasteiger partial charge in [0.15, 0.2) is 18.9 Å². The van der Waals surface area contributed by atoms with Gasteiger partial charge in [-0.15, -0.1) is 0 Å². The zero-order valence-electron chi connectivity index (χ0n) is 23.6. The second-order valence-electron chi connectivity index (χ2n) is 10.5. The van der Waals surface area contributed by atoms with Crippen LogP contribution in [0.2, 0.25) is 0 Å². The van der Waals surface area contributed by atoms with Crippen LogP contribution in [0.25, 0.3) is 0 Å². The number of amides is 3. The summed E-state index contributed by atoms with van der Waals surface area (Å²) in [5.41, 5.74) is 0. The van der Waals surface area contributed by atoms with Gasteiger partial charge in [-0.1, -0.05) is 0 Å². The minimum absolute atomic E-state index is 0.628. The topological polar surface area (TPSA) is 295 Å². The Bertz CT molecular complexity index is 962. The molecule has 0 aromatic heterocycles. The summed E-state index contributed by atoms with van der Waals surface area (Å²) >= 11 is 0. The second kappa shape index (κ2) is 15.3. The molecular weight excluding hydrogens is 586 g/mol. The number of aliphatic hydroxyl groups excluding tert-OH is 8. The van der Waals surface area contributed by atoms with Crippen molar-refractivity contribution in [2.24, 2.45) is 0 Å². The minimum Gasteiger partial charge on any atom is -0.394 e. The number of carbonyl (C=O) groups is 3. The SMILES string of the molecule is CC(=O)N[C@@H]1[C@H](O[C@H]2[C@H](O)[C@@H](NC(C)=O)[C@@H](O)O[C@H]2CO)O[C@@H](CO)[C@@H](O[C@@H]2O[C@@H](CO)[C@@H](O)[C@H](O)[C@@H]2NC(C)=O)[C@@H]1O. The van der Waals surface area contributed by atoms with Crippen molar-refractivity contribution in [1.29, 1.82) is 0 Å². The lowest BCUT2D eigenvalue weighted by atomic mass is 9.93. The molecule has 0 aromatic rings. The fourth-order valence-corrected chi connectivity index (χ4v) is 5.28. The molecule has 19 heteroatoms. The molecule has 0 radical (unpaired) electrons. The molecule has 3 saturated heterocycles. The highest BCUT2D eigenvalue weighted by Gasteiger charge is 2.54. The molecule has 11 N–H and O–H groups in total. The van der Waals surface area contributed by atoms with Crippen LogP contribution < -0.4 is 16.0 Å². The van der Waals surface area contributed by atoms with Crippen LogP contribution in [0, 0.1) is 0 Å². The van der Waals surface area contributed by atoms with Gasteiger partial charge < -0.3 is 80.5 Å². The number of carbonyl (C=O) groups excluding carboxylic acids is 3. The molecule has 3 amide bonds. The molecule has 0 aliphatic carbocycles. The Balaban J connectivity index is 1.89. The predicted molar refractivity (Wildman–Crippen MR) is 136 cm³/mol. The molecule has 19 nitrogen and oxygen atoms in total. The van der Waals surface area contributed by atoms with Crippen LogP contribution in [0.3, 0.4) is 0 Å². The average molecular weight is 628 g/mol. The third-order valence-corrected chi connectivity index (χ3v) is 7.30. The van der Waals surface area contributed by atoms with Crippen LogP contribution in [-0.2, 0) is 38.1 Å². The lowest BCUT2D eigenvalue weighted by Gasteiger charge is -2.49. The molecule has 3 rings (SSSR count). The van der Waals surface area contributed by atoms with Crippen molar-refractivity contribution < 1.29 is 78.9 Å². The summed E-state index contributed by atoms with van der Waals surface area (Å²) in [6.45, 7) is 0.995. The van der Waals surface area contributed by atoms with Crippen LogP contribution in [-0.4, -0.2) is 170 Å². The summed E-state index contributed by atoms with van der Waals surface area (Å²) in [6, 6.07) is -4.31. The van der Waals surface area contributed by atoms with E-state index in [-0.39, 0.29) is 0 Å². The fourth-order valence-electron chi connectivity index (χ4n) is 5.28. The number of nitrogens with one attached hydrogen (secondary N) is 3. The number of ether oxygens (including phenoxy) is 5. The van der Waals surface area contributed by atoms with Crippen molar-refractivity contribution >= 4 is 17.7 Å². The van der Waals surface area contributed by atoms with Crippen molar-refractivity contribution in [2.45, 2.75) is 113 Å². The lowest BCUT2D eigenvalue weighted by molar-refractivity contribution is -0.351. The summed E-state index contributed by atoms with van der Waals surface area (Å²) in [5.74, 6) is -1.96. The Labute approximate surface area is 245 Å². The molecule has 0 bridgehead atoms. The van der Waals surface area contributed by atoms with E-state index >= 15 is 0 Å². The highest BCUT2D eigenvalue weighted by Crippen LogP contribution is 2.32. The summed E-state index contributed by atoms with van der Waals surface area (Å²) in [6.07, 6.45) is -19.0. The van der Waals surface area contributed by atoms with Crippen molar-refractivity contribution in [3.8, 4) is 0 Å². The third-order valence-electron chi connectivity index (χ3n) is 7.30. The summed E-state index contributed by atoms with van der Waals surface area (Å²) in [7, 11) is 0. The van der Waals surface area contributed by atoms with Crippen LogP contribution in [0.15, 0.2) is 0 Å². The summed E-state index contributed by atoms with van der Waals surface area (Å²) in [5, 5.41) is 90.0. The van der Waals surface area contributed by atoms with Gasteiger partial charge in [-0.05, 0) is 0 Å². The second-order valence-corrected chi connectivity index (χ2v) is 10.5. The molecule has 3 aliphatic rings. The first-order valence-electron chi connectivity index (χ1n) is 13.5. The third kappa shape index (κ3) is 8.14. The maximum absolute atomic E-state index is 12.1. The van der Waals surface area contributed by atoms with Crippen LogP contribution in [0.5, 0.6) is 0 Å². The van der Waals surface area contributed by atoms with E-state index in [9.17, 15) is 55.2 Å². The standard InChI is InChI=1S/C24H41N3O16/c1-7(31)25-13-18(36)20(11(5-29)39-22(13)38)42-24-15(27-9(3)33)19(37)21(12(6-30)41-24)43-23-14(26-8(2)32)17(35)16(34)10(4-28)40-23/h10-24,28-30,34-38H,4-6H2,1-3H3,(H,25,31)(H,26,32)(H,27,33)/t10-,11-,12-,13+,14-,15-,16+,17+,18+,19+,20+,21+,22-,23-,24-/m0/s1. The Hall–Kier alpha value is -2.11. The van der Waals surface area contributed by atoms with E-state index < -0.39 is 129 Å². The molecule has 3 heterocycles. The number of hydrogen-bond donors (Lipinski definition) is 11. The normalized spacial score (nSPS) is 43.5. The molecule has 0 unspecified atom stereocenters. The molecule has 3 fully saturated rings. The Kier molecular flexibility index (Phi) is 12.5. The molecule has 248 valence electrons. The van der Waals surface area contributed by atoms with E-state index in [0.717, 1.165) is 20.8 Å². The Morgan fingerprint density at radius 3 is 1.37 bits per heavy atom. The van der Waals surface area contributed by atoms with Gasteiger partial charge in [-0.2, -0.15) is 0 Å². The van der Waals surface area contributed by atoms with Crippen LogP contribution >= 0.6 is 0 Å². The zero-order chi connectivity index (χ0) is 32.2. The molecule has 0 saturated carbocycles. The predicted octanol–water partition coefficient (Wildman–Crippen LogP) is -7.14. The highest BCUT2D eigenvalue weighted by molar-refractivity contribution is 5.74. The smallest absolute Gasteiger partial charge is 0.217 e. The van der Waals surface area contributed by atoms with E-state index in [4.69, 9.17) is 23.7 Å². The van der Waals surface area contributed by atoms with E-state index in [0.29, 0.717) is 0 Å². The first kappa shape index (κ1) is 35.4. The molecule has 0 spiro atoms.